The summed E-state index contributed by atoms with van der Waals surface area (Å²) in [4.78, 5) is 48.6. The minimum absolute atomic E-state index is 0.130. The number of aromatic nitrogens is 2. The van der Waals surface area contributed by atoms with E-state index in [1.165, 1.54) is 37.0 Å². The molecule has 2 atom stereocenters. The van der Waals surface area contributed by atoms with Crippen LogP contribution in [0.1, 0.15) is 79.9 Å². The maximum absolute atomic E-state index is 13.2. The Morgan fingerprint density at radius 3 is 2.08 bits per heavy atom. The van der Waals surface area contributed by atoms with Crippen molar-refractivity contribution >= 4 is 29.1 Å². The summed E-state index contributed by atoms with van der Waals surface area (Å²) in [5, 5.41) is 14.7. The van der Waals surface area contributed by atoms with Gasteiger partial charge in [0, 0.05) is 41.4 Å². The van der Waals surface area contributed by atoms with Gasteiger partial charge in [0.15, 0.2) is 5.82 Å². The number of nitrogens with two attached hydrogens (primary N) is 1. The number of benzene rings is 2. The number of hydrogen-bond donors (Lipinski definition) is 4. The van der Waals surface area contributed by atoms with Gasteiger partial charge in [0.25, 0.3) is 5.91 Å². The number of thiophene rings is 1. The van der Waals surface area contributed by atoms with E-state index in [1.54, 1.807) is 18.5 Å². The van der Waals surface area contributed by atoms with Crippen molar-refractivity contribution in [2.75, 3.05) is 13.2 Å². The number of ether oxygens (including phenoxy) is 1. The zero-order chi connectivity index (χ0) is 35.4. The molecule has 4 rings (SSSR count). The molecule has 0 bridgehead atoms. The number of hydrogen-bond acceptors (Lipinski definition) is 8. The van der Waals surface area contributed by atoms with Gasteiger partial charge in [-0.15, -0.1) is 11.3 Å². The van der Waals surface area contributed by atoms with Crippen LogP contribution in [-0.4, -0.2) is 58.1 Å². The number of aliphatic carboxylic acids is 1. The third-order valence-corrected chi connectivity index (χ3v) is 9.56. The van der Waals surface area contributed by atoms with Crippen molar-refractivity contribution < 1.29 is 24.2 Å². The van der Waals surface area contributed by atoms with Crippen molar-refractivity contribution in [2.45, 2.75) is 83.7 Å². The van der Waals surface area contributed by atoms with Crippen LogP contribution in [0.2, 0.25) is 0 Å². The summed E-state index contributed by atoms with van der Waals surface area (Å²) in [7, 11) is 0. The molecule has 5 N–H and O–H groups in total. The number of carboxylic acids is 1. The number of carboxylic acid groups (broad SMARTS) is 1. The third-order valence-electron chi connectivity index (χ3n) is 8.05. The fraction of sp³-hybridized carbons (Fsp3) is 0.395. The van der Waals surface area contributed by atoms with Crippen LogP contribution in [0.4, 0.5) is 0 Å². The summed E-state index contributed by atoms with van der Waals surface area (Å²) in [6.07, 6.45) is 9.68. The molecule has 1 unspecified atom stereocenters. The monoisotopic (exact) mass is 685 g/mol. The summed E-state index contributed by atoms with van der Waals surface area (Å²) in [6, 6.07) is 16.6. The highest BCUT2D eigenvalue weighted by Crippen LogP contribution is 2.29. The van der Waals surface area contributed by atoms with Crippen LogP contribution in [0, 0.1) is 0 Å². The molecule has 49 heavy (non-hydrogen) atoms. The van der Waals surface area contributed by atoms with E-state index < -0.39 is 29.9 Å². The summed E-state index contributed by atoms with van der Waals surface area (Å²) in [6.45, 7) is 8.82. The highest BCUT2D eigenvalue weighted by Gasteiger charge is 2.27. The van der Waals surface area contributed by atoms with Gasteiger partial charge in [0.05, 0.1) is 11.5 Å². The zero-order valence-corrected chi connectivity index (χ0v) is 29.5. The lowest BCUT2D eigenvalue weighted by Gasteiger charge is -2.21. The molecule has 0 saturated heterocycles. The number of rotatable bonds is 17. The Hall–Kier alpha value is -4.61. The Kier molecular flexibility index (Phi) is 13.4. The number of nitrogens with one attached hydrogen (secondary N) is 2. The molecule has 2 aromatic carbocycles. The van der Waals surface area contributed by atoms with Crippen LogP contribution < -0.4 is 21.1 Å². The van der Waals surface area contributed by atoms with E-state index in [1.807, 2.05) is 54.6 Å². The summed E-state index contributed by atoms with van der Waals surface area (Å²) < 4.78 is 5.88. The maximum atomic E-state index is 13.2. The van der Waals surface area contributed by atoms with Crippen molar-refractivity contribution in [3.63, 3.8) is 0 Å². The average Bonchev–Trinajstić information content (AvgIpc) is 3.61. The van der Waals surface area contributed by atoms with Crippen LogP contribution >= 0.6 is 11.3 Å². The Balaban J connectivity index is 1.41. The number of nitrogens with zero attached hydrogens (tertiary/aromatic N) is 2. The predicted molar refractivity (Wildman–Crippen MR) is 194 cm³/mol. The smallest absolute Gasteiger partial charge is 0.327 e. The molecule has 10 nitrogen and oxygen atoms in total. The second kappa shape index (κ2) is 17.7. The zero-order valence-electron chi connectivity index (χ0n) is 28.7. The van der Waals surface area contributed by atoms with E-state index >= 15 is 0 Å². The fourth-order valence-electron chi connectivity index (χ4n) is 5.09. The van der Waals surface area contributed by atoms with Gasteiger partial charge in [-0.3, -0.25) is 9.59 Å². The molecule has 2 heterocycles. The number of unbranched alkanes of at least 4 members (excludes halogenated alkanes) is 4. The van der Waals surface area contributed by atoms with Gasteiger partial charge < -0.3 is 26.2 Å². The fourth-order valence-corrected chi connectivity index (χ4v) is 6.05. The van der Waals surface area contributed by atoms with Crippen LogP contribution in [0.15, 0.2) is 73.1 Å². The normalized spacial score (nSPS) is 12.6. The molecule has 2 amide bonds. The lowest BCUT2D eigenvalue weighted by molar-refractivity contribution is -0.141. The van der Waals surface area contributed by atoms with E-state index in [2.05, 4.69) is 48.3 Å². The first-order valence-electron chi connectivity index (χ1n) is 16.8. The van der Waals surface area contributed by atoms with Crippen molar-refractivity contribution in [1.82, 2.24) is 20.6 Å². The molecular formula is C38H47N5O5S. The van der Waals surface area contributed by atoms with Gasteiger partial charge >= 0.3 is 5.97 Å². The minimum Gasteiger partial charge on any atom is -0.494 e. The topological polar surface area (TPSA) is 157 Å². The Labute approximate surface area is 292 Å². The molecule has 2 aromatic heterocycles. The highest BCUT2D eigenvalue weighted by atomic mass is 32.1. The van der Waals surface area contributed by atoms with Crippen LogP contribution in [0.3, 0.4) is 0 Å². The van der Waals surface area contributed by atoms with Gasteiger partial charge in [0.1, 0.15) is 17.8 Å². The standard InChI is InChI=1S/C38H47N5O5S/c1-5-6-7-8-9-20-48-29-16-14-26(15-17-29)28-23-40-34(41-24-28)27-12-10-25(11-13-27)21-30(35(44)43-31(22-39)37(46)47)42-36(45)32-18-19-33(49-32)38(2,3)4/h10-19,23-24,30-31H,5-9,20-22,39H2,1-4H3,(H,42,45)(H,43,44)(H,46,47)/t30?,31-/m0/s1. The van der Waals surface area contributed by atoms with Gasteiger partial charge in [0.2, 0.25) is 5.91 Å². The Bertz CT molecular complexity index is 1660. The third kappa shape index (κ3) is 11.0. The van der Waals surface area contributed by atoms with Crippen LogP contribution in [0.25, 0.3) is 22.5 Å². The van der Waals surface area contributed by atoms with Gasteiger partial charge in [-0.1, -0.05) is 89.8 Å². The molecule has 0 aliphatic rings. The van der Waals surface area contributed by atoms with Crippen molar-refractivity contribution in [1.29, 1.82) is 0 Å². The number of carbonyl (C=O) groups is 3. The van der Waals surface area contributed by atoms with E-state index in [-0.39, 0.29) is 18.4 Å². The van der Waals surface area contributed by atoms with Crippen molar-refractivity contribution in [2.24, 2.45) is 5.73 Å². The molecule has 0 aliphatic heterocycles. The largest absolute Gasteiger partial charge is 0.494 e. The quantitative estimate of drug-likeness (QED) is 0.0932. The molecule has 0 spiro atoms. The lowest BCUT2D eigenvalue weighted by Crippen LogP contribution is -2.54. The van der Waals surface area contributed by atoms with Gasteiger partial charge in [-0.2, -0.15) is 0 Å². The number of carbonyl (C=O) groups excluding carboxylic acids is 2. The molecule has 0 aliphatic carbocycles. The molecule has 0 fully saturated rings. The first-order chi connectivity index (χ1) is 23.5. The molecule has 0 saturated carbocycles. The van der Waals surface area contributed by atoms with E-state index in [4.69, 9.17) is 10.5 Å². The predicted octanol–water partition coefficient (Wildman–Crippen LogP) is 6.39. The average molecular weight is 686 g/mol. The van der Waals surface area contributed by atoms with Crippen LogP contribution in [0.5, 0.6) is 5.75 Å². The SMILES string of the molecule is CCCCCCCOc1ccc(-c2cnc(-c3ccc(CC(NC(=O)c4ccc(C(C)(C)C)s4)C(=O)N[C@@H](CN)C(=O)O)cc3)nc2)cc1. The maximum Gasteiger partial charge on any atom is 0.327 e. The summed E-state index contributed by atoms with van der Waals surface area (Å²) >= 11 is 1.36. The second-order valence-corrected chi connectivity index (χ2v) is 14.1. The molecule has 0 radical (unpaired) electrons. The van der Waals surface area contributed by atoms with E-state index in [9.17, 15) is 19.5 Å². The summed E-state index contributed by atoms with van der Waals surface area (Å²) in [5.74, 6) is -0.910. The molecule has 260 valence electrons. The number of amides is 2. The van der Waals surface area contributed by atoms with Crippen LogP contribution in [-0.2, 0) is 21.4 Å². The van der Waals surface area contributed by atoms with Gasteiger partial charge in [-0.25, -0.2) is 14.8 Å². The minimum atomic E-state index is -1.28. The molecule has 11 heteroatoms. The lowest BCUT2D eigenvalue weighted by atomic mass is 9.95. The van der Waals surface area contributed by atoms with E-state index in [0.29, 0.717) is 10.7 Å². The Morgan fingerprint density at radius 1 is 0.837 bits per heavy atom. The van der Waals surface area contributed by atoms with E-state index in [0.717, 1.165) is 45.9 Å². The highest BCUT2D eigenvalue weighted by molar-refractivity contribution is 7.14. The Morgan fingerprint density at radius 2 is 1.49 bits per heavy atom. The van der Waals surface area contributed by atoms with Crippen molar-refractivity contribution in [3.8, 4) is 28.3 Å². The molecule has 4 aromatic rings. The molecular weight excluding hydrogens is 639 g/mol. The second-order valence-electron chi connectivity index (χ2n) is 13.1. The van der Waals surface area contributed by atoms with Crippen molar-refractivity contribution in [3.05, 3.63) is 88.4 Å². The van der Waals surface area contributed by atoms with Gasteiger partial charge in [-0.05, 0) is 47.2 Å². The first kappa shape index (κ1) is 37.2. The first-order valence-corrected chi connectivity index (χ1v) is 17.6. The summed E-state index contributed by atoms with van der Waals surface area (Å²) in [5.41, 5.74) is 8.84.